The Bertz CT molecular complexity index is 405. The molecule has 1 aromatic rings. The van der Waals surface area contributed by atoms with E-state index in [2.05, 4.69) is 43.9 Å². The molecule has 0 saturated carbocycles. The van der Waals surface area contributed by atoms with Gasteiger partial charge in [-0.1, -0.05) is 49.1 Å². The zero-order valence-electron chi connectivity index (χ0n) is 12.1. The van der Waals surface area contributed by atoms with Crippen LogP contribution in [0.5, 0.6) is 0 Å². The standard InChI is InChI=1S/C14H22O2Si.Zn/c1-14(2,13(15)16)10-11-6-8-12(9-7-11)17(3,4)5;/h6-9H,10H2,1-5H3,(H,15,16);. The molecule has 0 radical (unpaired) electrons. The van der Waals surface area contributed by atoms with Crippen LogP contribution in [0.15, 0.2) is 24.3 Å². The monoisotopic (exact) mass is 314 g/mol. The summed E-state index contributed by atoms with van der Waals surface area (Å²) in [6.07, 6.45) is 0.578. The fraction of sp³-hybridized carbons (Fsp3) is 0.500. The van der Waals surface area contributed by atoms with Crippen LogP contribution in [0.2, 0.25) is 19.6 Å². The van der Waals surface area contributed by atoms with Gasteiger partial charge in [0.1, 0.15) is 0 Å². The van der Waals surface area contributed by atoms with Crippen molar-refractivity contribution in [2.45, 2.75) is 39.9 Å². The third kappa shape index (κ3) is 4.66. The molecular formula is C14H22O2SiZn. The SMILES string of the molecule is CC(C)(Cc1ccc([Si](C)(C)C)cc1)C(=O)O.[Zn]. The maximum absolute atomic E-state index is 11.1. The van der Waals surface area contributed by atoms with E-state index in [0.717, 1.165) is 5.56 Å². The van der Waals surface area contributed by atoms with Gasteiger partial charge in [0, 0.05) is 19.5 Å². The number of hydrogen-bond donors (Lipinski definition) is 1. The molecule has 0 amide bonds. The minimum absolute atomic E-state index is 0. The molecule has 1 rings (SSSR count). The Kier molecular flexibility index (Phi) is 5.96. The summed E-state index contributed by atoms with van der Waals surface area (Å²) in [5.41, 5.74) is 0.403. The van der Waals surface area contributed by atoms with Crippen LogP contribution in [0.3, 0.4) is 0 Å². The first-order chi connectivity index (χ1) is 7.63. The predicted octanol–water partition coefficient (Wildman–Crippen LogP) is 2.88. The Hall–Kier alpha value is -0.470. The molecule has 0 fully saturated rings. The van der Waals surface area contributed by atoms with E-state index in [4.69, 9.17) is 5.11 Å². The van der Waals surface area contributed by atoms with Crippen LogP contribution in [-0.2, 0) is 30.7 Å². The molecule has 0 spiro atoms. The van der Waals surface area contributed by atoms with Gasteiger partial charge < -0.3 is 5.11 Å². The molecule has 0 aromatic heterocycles. The topological polar surface area (TPSA) is 37.3 Å². The van der Waals surface area contributed by atoms with E-state index in [1.165, 1.54) is 5.19 Å². The summed E-state index contributed by atoms with van der Waals surface area (Å²) in [5, 5.41) is 10.5. The maximum Gasteiger partial charge on any atom is 0.309 e. The Morgan fingerprint density at radius 2 is 1.61 bits per heavy atom. The Morgan fingerprint density at radius 3 is 1.94 bits per heavy atom. The molecule has 1 aromatic carbocycles. The average molecular weight is 316 g/mol. The van der Waals surface area contributed by atoms with Gasteiger partial charge in [-0.15, -0.1) is 0 Å². The van der Waals surface area contributed by atoms with Crippen molar-refractivity contribution in [2.75, 3.05) is 0 Å². The molecule has 0 aliphatic heterocycles. The summed E-state index contributed by atoms with van der Waals surface area (Å²) >= 11 is 0. The van der Waals surface area contributed by atoms with Crippen molar-refractivity contribution in [2.24, 2.45) is 5.41 Å². The summed E-state index contributed by atoms with van der Waals surface area (Å²) in [4.78, 5) is 11.1. The molecule has 0 saturated heterocycles. The normalized spacial score (nSPS) is 11.8. The first kappa shape index (κ1) is 17.5. The van der Waals surface area contributed by atoms with Crippen molar-refractivity contribution in [1.82, 2.24) is 0 Å². The van der Waals surface area contributed by atoms with Gasteiger partial charge in [-0.2, -0.15) is 0 Å². The quantitative estimate of drug-likeness (QED) is 0.868. The average Bonchev–Trinajstić information content (AvgIpc) is 2.16. The van der Waals surface area contributed by atoms with Crippen molar-refractivity contribution in [1.29, 1.82) is 0 Å². The van der Waals surface area contributed by atoms with Crippen LogP contribution in [0.4, 0.5) is 0 Å². The van der Waals surface area contributed by atoms with E-state index < -0.39 is 19.5 Å². The van der Waals surface area contributed by atoms with Crippen molar-refractivity contribution in [3.05, 3.63) is 29.8 Å². The van der Waals surface area contributed by atoms with Gasteiger partial charge in [0.15, 0.2) is 0 Å². The smallest absolute Gasteiger partial charge is 0.309 e. The van der Waals surface area contributed by atoms with Crippen LogP contribution in [0, 0.1) is 5.41 Å². The molecular weight excluding hydrogens is 294 g/mol. The van der Waals surface area contributed by atoms with Gasteiger partial charge in [0.25, 0.3) is 0 Å². The van der Waals surface area contributed by atoms with Gasteiger partial charge >= 0.3 is 5.97 Å². The third-order valence-corrected chi connectivity index (χ3v) is 5.11. The van der Waals surface area contributed by atoms with Crippen molar-refractivity contribution < 1.29 is 29.4 Å². The number of carboxylic acids is 1. The number of carboxylic acid groups (broad SMARTS) is 1. The second-order valence-electron chi connectivity index (χ2n) is 6.31. The molecule has 0 bridgehead atoms. The number of carbonyl (C=O) groups is 1. The van der Waals surface area contributed by atoms with Crippen molar-refractivity contribution in [3.63, 3.8) is 0 Å². The number of benzene rings is 1. The molecule has 2 nitrogen and oxygen atoms in total. The summed E-state index contributed by atoms with van der Waals surface area (Å²) in [7, 11) is -1.25. The van der Waals surface area contributed by atoms with E-state index in [9.17, 15) is 4.79 Å². The molecule has 0 unspecified atom stereocenters. The van der Waals surface area contributed by atoms with Crippen LogP contribution in [0.25, 0.3) is 0 Å². The van der Waals surface area contributed by atoms with E-state index in [1.54, 1.807) is 13.8 Å². The summed E-state index contributed by atoms with van der Waals surface area (Å²) in [6.45, 7) is 10.5. The summed E-state index contributed by atoms with van der Waals surface area (Å²) in [5.74, 6) is -0.744. The van der Waals surface area contributed by atoms with Gasteiger partial charge in [0.2, 0.25) is 0 Å². The van der Waals surface area contributed by atoms with E-state index >= 15 is 0 Å². The maximum atomic E-state index is 11.1. The largest absolute Gasteiger partial charge is 0.481 e. The third-order valence-electron chi connectivity index (χ3n) is 3.04. The van der Waals surface area contributed by atoms with E-state index in [0.29, 0.717) is 6.42 Å². The molecule has 0 aliphatic rings. The van der Waals surface area contributed by atoms with Gasteiger partial charge in [-0.25, -0.2) is 0 Å². The summed E-state index contributed by atoms with van der Waals surface area (Å²) < 4.78 is 0. The number of rotatable bonds is 4. The van der Waals surface area contributed by atoms with Crippen molar-refractivity contribution >= 4 is 19.2 Å². The molecule has 0 aliphatic carbocycles. The molecule has 4 heteroatoms. The van der Waals surface area contributed by atoms with Crippen molar-refractivity contribution in [3.8, 4) is 0 Å². The molecule has 0 atom stereocenters. The minimum atomic E-state index is -1.25. The Balaban J connectivity index is 0.00000289. The molecule has 96 valence electrons. The minimum Gasteiger partial charge on any atom is -0.481 e. The Labute approximate surface area is 124 Å². The first-order valence-corrected chi connectivity index (χ1v) is 9.46. The van der Waals surface area contributed by atoms with Gasteiger partial charge in [-0.3, -0.25) is 4.79 Å². The fourth-order valence-corrected chi connectivity index (χ4v) is 2.88. The first-order valence-electron chi connectivity index (χ1n) is 5.96. The van der Waals surface area contributed by atoms with Crippen LogP contribution in [0.1, 0.15) is 19.4 Å². The van der Waals surface area contributed by atoms with E-state index in [-0.39, 0.29) is 19.5 Å². The van der Waals surface area contributed by atoms with Crippen LogP contribution >= 0.6 is 0 Å². The Morgan fingerprint density at radius 1 is 1.17 bits per heavy atom. The summed E-state index contributed by atoms with van der Waals surface area (Å²) in [6, 6.07) is 8.44. The predicted molar refractivity (Wildman–Crippen MR) is 74.5 cm³/mol. The zero-order chi connectivity index (χ0) is 13.3. The van der Waals surface area contributed by atoms with E-state index in [1.807, 2.05) is 0 Å². The number of aliphatic carboxylic acids is 1. The molecule has 1 N–H and O–H groups in total. The zero-order valence-corrected chi connectivity index (χ0v) is 16.0. The number of hydrogen-bond acceptors (Lipinski definition) is 1. The second kappa shape index (κ2) is 6.12. The van der Waals surface area contributed by atoms with Crippen LogP contribution in [-0.4, -0.2) is 19.1 Å². The van der Waals surface area contributed by atoms with Crippen LogP contribution < -0.4 is 5.19 Å². The second-order valence-corrected chi connectivity index (χ2v) is 11.4. The molecule has 0 heterocycles. The fourth-order valence-electron chi connectivity index (χ4n) is 1.71. The van der Waals surface area contributed by atoms with Gasteiger partial charge in [-0.05, 0) is 25.8 Å². The van der Waals surface area contributed by atoms with Gasteiger partial charge in [0.05, 0.1) is 13.5 Å². The molecule has 18 heavy (non-hydrogen) atoms.